The Morgan fingerprint density at radius 1 is 1.34 bits per heavy atom. The van der Waals surface area contributed by atoms with Gasteiger partial charge in [0.15, 0.2) is 0 Å². The summed E-state index contributed by atoms with van der Waals surface area (Å²) >= 11 is 0. The van der Waals surface area contributed by atoms with Crippen LogP contribution in [0.15, 0.2) is 40.9 Å². The summed E-state index contributed by atoms with van der Waals surface area (Å²) in [5.41, 5.74) is 4.26. The first-order valence-corrected chi connectivity index (χ1v) is 11.9. The zero-order valence-electron chi connectivity index (χ0n) is 20.3. The monoisotopic (exact) mass is 474 g/mol. The largest absolute Gasteiger partial charge is 0.490 e. The smallest absolute Gasteiger partial charge is 0.258 e. The number of rotatable bonds is 10. The van der Waals surface area contributed by atoms with Crippen LogP contribution in [0, 0.1) is 17.2 Å². The maximum absolute atomic E-state index is 11.1. The zero-order chi connectivity index (χ0) is 24.9. The lowest BCUT2D eigenvalue weighted by Crippen LogP contribution is -2.30. The number of ether oxygens (including phenoxy) is 1. The molecular formula is C27H30N4O4. The SMILES string of the molecule is CC(C)Oc1ccc(-c2nc(-c3cccc4c3CC(CCC=O)C4N(C)CCO)no2)cc1C#N. The molecule has 35 heavy (non-hydrogen) atoms. The number of nitrogens with zero attached hydrogens (tertiary/aromatic N) is 4. The summed E-state index contributed by atoms with van der Waals surface area (Å²) in [5.74, 6) is 1.59. The molecule has 0 bridgehead atoms. The second-order valence-electron chi connectivity index (χ2n) is 9.14. The first-order chi connectivity index (χ1) is 17.0. The van der Waals surface area contributed by atoms with Gasteiger partial charge in [-0.1, -0.05) is 23.4 Å². The summed E-state index contributed by atoms with van der Waals surface area (Å²) < 4.78 is 11.3. The maximum Gasteiger partial charge on any atom is 0.258 e. The molecule has 2 aromatic carbocycles. The van der Waals surface area contributed by atoms with E-state index in [0.29, 0.717) is 41.6 Å². The quantitative estimate of drug-likeness (QED) is 0.436. The Labute approximate surface area is 205 Å². The van der Waals surface area contributed by atoms with E-state index in [-0.39, 0.29) is 24.7 Å². The normalized spacial score (nSPS) is 16.9. The van der Waals surface area contributed by atoms with E-state index in [9.17, 15) is 15.2 Å². The molecule has 1 aromatic heterocycles. The highest BCUT2D eigenvalue weighted by atomic mass is 16.5. The van der Waals surface area contributed by atoms with Gasteiger partial charge in [0.1, 0.15) is 18.1 Å². The van der Waals surface area contributed by atoms with Crippen molar-refractivity contribution in [3.63, 3.8) is 0 Å². The fourth-order valence-corrected chi connectivity index (χ4v) is 4.94. The summed E-state index contributed by atoms with van der Waals surface area (Å²) in [5, 5.41) is 23.3. The topological polar surface area (TPSA) is 112 Å². The van der Waals surface area contributed by atoms with E-state index < -0.39 is 0 Å². The van der Waals surface area contributed by atoms with E-state index in [1.165, 1.54) is 5.56 Å². The van der Waals surface area contributed by atoms with E-state index in [4.69, 9.17) is 9.26 Å². The fourth-order valence-electron chi connectivity index (χ4n) is 4.94. The average molecular weight is 475 g/mol. The van der Waals surface area contributed by atoms with Crippen LogP contribution in [0.5, 0.6) is 5.75 Å². The molecular weight excluding hydrogens is 444 g/mol. The number of aliphatic hydroxyl groups excluding tert-OH is 1. The number of aliphatic hydroxyl groups is 1. The summed E-state index contributed by atoms with van der Waals surface area (Å²) in [7, 11) is 2.00. The molecule has 1 aliphatic carbocycles. The molecule has 3 aromatic rings. The highest BCUT2D eigenvalue weighted by molar-refractivity contribution is 5.67. The van der Waals surface area contributed by atoms with Crippen LogP contribution in [0.2, 0.25) is 0 Å². The molecule has 1 aliphatic rings. The third-order valence-corrected chi connectivity index (χ3v) is 6.40. The summed E-state index contributed by atoms with van der Waals surface area (Å²) in [6.45, 7) is 4.44. The number of aldehydes is 1. The summed E-state index contributed by atoms with van der Waals surface area (Å²) in [6, 6.07) is 13.6. The van der Waals surface area contributed by atoms with Crippen molar-refractivity contribution in [2.45, 2.75) is 45.3 Å². The Kier molecular flexibility index (Phi) is 7.59. The van der Waals surface area contributed by atoms with Crippen molar-refractivity contribution in [1.82, 2.24) is 15.0 Å². The number of carbonyl (C=O) groups excluding carboxylic acids is 1. The molecule has 0 amide bonds. The van der Waals surface area contributed by atoms with E-state index in [0.717, 1.165) is 30.3 Å². The number of likely N-dealkylation sites (N-methyl/N-ethyl adjacent to an activating group) is 1. The standard InChI is InChI=1S/C27H30N4O4/c1-17(2)34-24-10-9-19(14-20(24)16-28)27-29-26(30-35-27)22-8-4-7-21-23(22)15-18(6-5-12-32)25(21)31(3)11-13-33/h4,7-10,12,14,17-18,25,33H,5-6,11,13,15H2,1-3H3. The average Bonchev–Trinajstić information content (AvgIpc) is 3.47. The van der Waals surface area contributed by atoms with Crippen molar-refractivity contribution in [3.05, 3.63) is 53.1 Å². The molecule has 0 spiro atoms. The van der Waals surface area contributed by atoms with Crippen LogP contribution in [-0.2, 0) is 11.2 Å². The predicted octanol–water partition coefficient (Wildman–Crippen LogP) is 4.18. The third-order valence-electron chi connectivity index (χ3n) is 6.40. The van der Waals surface area contributed by atoms with Gasteiger partial charge in [-0.2, -0.15) is 10.2 Å². The highest BCUT2D eigenvalue weighted by Crippen LogP contribution is 2.45. The number of benzene rings is 2. The minimum absolute atomic E-state index is 0.0428. The zero-order valence-corrected chi connectivity index (χ0v) is 20.3. The van der Waals surface area contributed by atoms with Gasteiger partial charge in [-0.3, -0.25) is 4.90 Å². The third kappa shape index (κ3) is 5.11. The molecule has 4 rings (SSSR count). The van der Waals surface area contributed by atoms with Crippen molar-refractivity contribution < 1.29 is 19.2 Å². The van der Waals surface area contributed by atoms with Gasteiger partial charge < -0.3 is 19.2 Å². The molecule has 1 N–H and O–H groups in total. The predicted molar refractivity (Wildman–Crippen MR) is 131 cm³/mol. The molecule has 0 fully saturated rings. The van der Waals surface area contributed by atoms with Crippen molar-refractivity contribution in [1.29, 1.82) is 5.26 Å². The molecule has 0 aliphatic heterocycles. The lowest BCUT2D eigenvalue weighted by atomic mass is 9.94. The van der Waals surface area contributed by atoms with Crippen molar-refractivity contribution in [2.24, 2.45) is 5.92 Å². The fraction of sp³-hybridized carbons (Fsp3) is 0.407. The summed E-state index contributed by atoms with van der Waals surface area (Å²) in [6.07, 6.45) is 2.99. The molecule has 1 heterocycles. The lowest BCUT2D eigenvalue weighted by Gasteiger charge is -2.29. The van der Waals surface area contributed by atoms with Gasteiger partial charge >= 0.3 is 0 Å². The van der Waals surface area contributed by atoms with Crippen LogP contribution < -0.4 is 4.74 Å². The number of nitriles is 1. The van der Waals surface area contributed by atoms with Gasteiger partial charge in [-0.25, -0.2) is 0 Å². The number of hydrogen-bond acceptors (Lipinski definition) is 8. The Morgan fingerprint density at radius 2 is 2.17 bits per heavy atom. The Morgan fingerprint density at radius 3 is 2.89 bits per heavy atom. The molecule has 8 heteroatoms. The van der Waals surface area contributed by atoms with Crippen LogP contribution in [-0.4, -0.2) is 52.7 Å². The van der Waals surface area contributed by atoms with Crippen molar-refractivity contribution >= 4 is 6.29 Å². The Bertz CT molecular complexity index is 1230. The first-order valence-electron chi connectivity index (χ1n) is 11.9. The highest BCUT2D eigenvalue weighted by Gasteiger charge is 2.36. The van der Waals surface area contributed by atoms with Gasteiger partial charge in [-0.15, -0.1) is 0 Å². The molecule has 2 atom stereocenters. The van der Waals surface area contributed by atoms with Crippen molar-refractivity contribution in [2.75, 3.05) is 20.2 Å². The van der Waals surface area contributed by atoms with Gasteiger partial charge in [0.25, 0.3) is 5.89 Å². The minimum atomic E-state index is -0.0428. The number of carbonyl (C=O) groups is 1. The Balaban J connectivity index is 1.67. The molecule has 8 nitrogen and oxygen atoms in total. The van der Waals surface area contributed by atoms with Gasteiger partial charge in [0, 0.05) is 30.1 Å². The molecule has 0 radical (unpaired) electrons. The van der Waals surface area contributed by atoms with Crippen LogP contribution in [0.3, 0.4) is 0 Å². The van der Waals surface area contributed by atoms with E-state index in [1.54, 1.807) is 18.2 Å². The molecule has 2 unspecified atom stereocenters. The summed E-state index contributed by atoms with van der Waals surface area (Å²) in [4.78, 5) is 17.9. The number of aromatic nitrogens is 2. The second-order valence-corrected chi connectivity index (χ2v) is 9.14. The van der Waals surface area contributed by atoms with Crippen molar-refractivity contribution in [3.8, 4) is 34.7 Å². The van der Waals surface area contributed by atoms with E-state index in [1.807, 2.05) is 33.0 Å². The number of hydrogen-bond donors (Lipinski definition) is 1. The van der Waals surface area contributed by atoms with E-state index >= 15 is 0 Å². The van der Waals surface area contributed by atoms with E-state index in [2.05, 4.69) is 27.2 Å². The van der Waals surface area contributed by atoms with Crippen LogP contribution in [0.25, 0.3) is 22.8 Å². The Hall–Kier alpha value is -3.54. The van der Waals surface area contributed by atoms with Crippen LogP contribution >= 0.6 is 0 Å². The van der Waals surface area contributed by atoms with Gasteiger partial charge in [-0.05, 0) is 69.0 Å². The molecule has 0 saturated carbocycles. The second kappa shape index (κ2) is 10.8. The van der Waals surface area contributed by atoms with Gasteiger partial charge in [0.05, 0.1) is 18.3 Å². The first kappa shape index (κ1) is 24.6. The lowest BCUT2D eigenvalue weighted by molar-refractivity contribution is -0.108. The molecule has 0 saturated heterocycles. The van der Waals surface area contributed by atoms with Crippen LogP contribution in [0.4, 0.5) is 0 Å². The van der Waals surface area contributed by atoms with Gasteiger partial charge in [0.2, 0.25) is 5.82 Å². The van der Waals surface area contributed by atoms with Crippen LogP contribution in [0.1, 0.15) is 49.4 Å². The maximum atomic E-state index is 11.1. The number of fused-ring (bicyclic) bond motifs is 1. The minimum Gasteiger partial charge on any atom is -0.490 e. The molecule has 182 valence electrons.